The number of benzene rings is 1. The Kier molecular flexibility index (Phi) is 2.18. The van der Waals surface area contributed by atoms with E-state index in [-0.39, 0.29) is 0 Å². The Morgan fingerprint density at radius 3 is 3.12 bits per heavy atom. The maximum Gasteiger partial charge on any atom is 0.208 e. The normalized spacial score (nSPS) is 14.9. The molecule has 0 unspecified atom stereocenters. The number of imidazole rings is 1. The second-order valence-electron chi connectivity index (χ2n) is 3.53. The van der Waals surface area contributed by atoms with Crippen LogP contribution < -0.4 is 10.6 Å². The first-order chi connectivity index (χ1) is 7.81. The van der Waals surface area contributed by atoms with Gasteiger partial charge < -0.3 is 10.3 Å². The molecule has 1 aliphatic heterocycles. The summed E-state index contributed by atoms with van der Waals surface area (Å²) in [5.41, 5.74) is 1.79. The van der Waals surface area contributed by atoms with E-state index in [1.165, 1.54) is 0 Å². The number of aromatic nitrogens is 2. The largest absolute Gasteiger partial charge is 0.354 e. The van der Waals surface area contributed by atoms with Crippen molar-refractivity contribution in [1.82, 2.24) is 15.3 Å². The van der Waals surface area contributed by atoms with Crippen molar-refractivity contribution < 1.29 is 0 Å². The lowest BCUT2D eigenvalue weighted by Crippen LogP contribution is -2.26. The molecule has 0 saturated carbocycles. The first-order valence-electron chi connectivity index (χ1n) is 5.02. The zero-order valence-electron chi connectivity index (χ0n) is 8.42. The number of nitrogens with zero attached hydrogens (tertiary/aromatic N) is 2. The lowest BCUT2D eigenvalue weighted by molar-refractivity contribution is 0.958. The van der Waals surface area contributed by atoms with Crippen molar-refractivity contribution in [2.45, 2.75) is 0 Å². The number of rotatable bonds is 1. The van der Waals surface area contributed by atoms with Crippen LogP contribution in [0.4, 0.5) is 5.95 Å². The van der Waals surface area contributed by atoms with Gasteiger partial charge in [-0.2, -0.15) is 0 Å². The highest BCUT2D eigenvalue weighted by Gasteiger charge is 2.08. The van der Waals surface area contributed by atoms with E-state index in [1.54, 1.807) is 0 Å². The SMILES string of the molecule is Clc1ccc2[nH]c(NC3=NCCN3)nc2c1. The fraction of sp³-hybridized carbons (Fsp3) is 0.200. The summed E-state index contributed by atoms with van der Waals surface area (Å²) >= 11 is 5.89. The number of guanidine groups is 1. The standard InChI is InChI=1S/C10H10ClN5/c11-6-1-2-7-8(5-6)15-10(14-7)16-9-12-3-4-13-9/h1-2,5H,3-4H2,(H3,12,13,14,15,16). The molecule has 0 radical (unpaired) electrons. The van der Waals surface area contributed by atoms with Crippen LogP contribution >= 0.6 is 11.6 Å². The summed E-state index contributed by atoms with van der Waals surface area (Å²) in [5, 5.41) is 6.87. The van der Waals surface area contributed by atoms with E-state index in [0.29, 0.717) is 11.0 Å². The second kappa shape index (κ2) is 3.68. The van der Waals surface area contributed by atoms with Gasteiger partial charge in [-0.05, 0) is 18.2 Å². The van der Waals surface area contributed by atoms with Crippen LogP contribution in [0.1, 0.15) is 0 Å². The Labute approximate surface area is 96.9 Å². The van der Waals surface area contributed by atoms with E-state index in [2.05, 4.69) is 25.6 Å². The van der Waals surface area contributed by atoms with Gasteiger partial charge in [0.1, 0.15) is 0 Å². The minimum absolute atomic E-state index is 0.672. The first kappa shape index (κ1) is 9.47. The first-order valence-corrected chi connectivity index (χ1v) is 5.40. The van der Waals surface area contributed by atoms with Gasteiger partial charge in [-0.1, -0.05) is 11.6 Å². The van der Waals surface area contributed by atoms with E-state index in [0.717, 1.165) is 30.1 Å². The Morgan fingerprint density at radius 2 is 2.31 bits per heavy atom. The van der Waals surface area contributed by atoms with Crippen molar-refractivity contribution in [1.29, 1.82) is 0 Å². The van der Waals surface area contributed by atoms with Gasteiger partial charge >= 0.3 is 0 Å². The average molecular weight is 236 g/mol. The molecule has 2 heterocycles. The maximum atomic E-state index is 5.89. The van der Waals surface area contributed by atoms with Gasteiger partial charge in [0.2, 0.25) is 5.95 Å². The Hall–Kier alpha value is -1.75. The monoisotopic (exact) mass is 235 g/mol. The number of aliphatic imine (C=N–C) groups is 1. The summed E-state index contributed by atoms with van der Waals surface area (Å²) < 4.78 is 0. The molecule has 3 rings (SSSR count). The van der Waals surface area contributed by atoms with Crippen LogP contribution in [0.15, 0.2) is 23.2 Å². The fourth-order valence-electron chi connectivity index (χ4n) is 1.63. The van der Waals surface area contributed by atoms with Crippen LogP contribution in [-0.2, 0) is 0 Å². The van der Waals surface area contributed by atoms with Gasteiger partial charge in [0, 0.05) is 11.6 Å². The number of aromatic amines is 1. The molecule has 1 aromatic carbocycles. The second-order valence-corrected chi connectivity index (χ2v) is 3.97. The van der Waals surface area contributed by atoms with Gasteiger partial charge in [0.25, 0.3) is 0 Å². The van der Waals surface area contributed by atoms with Gasteiger partial charge in [0.15, 0.2) is 5.96 Å². The number of fused-ring (bicyclic) bond motifs is 1. The molecule has 16 heavy (non-hydrogen) atoms. The van der Waals surface area contributed by atoms with Crippen LogP contribution in [0.25, 0.3) is 11.0 Å². The van der Waals surface area contributed by atoms with Gasteiger partial charge in [0.05, 0.1) is 17.6 Å². The lowest BCUT2D eigenvalue weighted by Gasteiger charge is -2.01. The molecule has 3 N–H and O–H groups in total. The summed E-state index contributed by atoms with van der Waals surface area (Å²) in [6, 6.07) is 5.55. The summed E-state index contributed by atoms with van der Waals surface area (Å²) in [5.74, 6) is 1.43. The predicted octanol–water partition coefficient (Wildman–Crippen LogP) is 1.59. The number of halogens is 1. The lowest BCUT2D eigenvalue weighted by atomic mass is 10.3. The number of nitrogens with one attached hydrogen (secondary N) is 3. The van der Waals surface area contributed by atoms with Crippen LogP contribution in [0, 0.1) is 0 Å². The van der Waals surface area contributed by atoms with Crippen LogP contribution in [0.5, 0.6) is 0 Å². The highest BCUT2D eigenvalue weighted by molar-refractivity contribution is 6.31. The zero-order valence-corrected chi connectivity index (χ0v) is 9.17. The molecule has 6 heteroatoms. The summed E-state index contributed by atoms with van der Waals surface area (Å²) in [6.45, 7) is 1.67. The number of hydrogen-bond acceptors (Lipinski definition) is 4. The molecule has 0 bridgehead atoms. The molecule has 82 valence electrons. The molecule has 0 aliphatic carbocycles. The molecular weight excluding hydrogens is 226 g/mol. The topological polar surface area (TPSA) is 65.1 Å². The van der Waals surface area contributed by atoms with Crippen molar-refractivity contribution in [2.75, 3.05) is 18.4 Å². The molecule has 0 fully saturated rings. The summed E-state index contributed by atoms with van der Waals surface area (Å²) in [7, 11) is 0. The highest BCUT2D eigenvalue weighted by Crippen LogP contribution is 2.18. The van der Waals surface area contributed by atoms with Crippen molar-refractivity contribution in [3.8, 4) is 0 Å². The average Bonchev–Trinajstić information content (AvgIpc) is 2.86. The number of hydrogen-bond donors (Lipinski definition) is 3. The van der Waals surface area contributed by atoms with Crippen molar-refractivity contribution in [2.24, 2.45) is 4.99 Å². The van der Waals surface area contributed by atoms with Crippen LogP contribution in [0.3, 0.4) is 0 Å². The third-order valence-electron chi connectivity index (χ3n) is 2.36. The zero-order chi connectivity index (χ0) is 11.0. The number of H-pyrrole nitrogens is 1. The Bertz CT molecular complexity index is 559. The maximum absolute atomic E-state index is 5.89. The van der Waals surface area contributed by atoms with Crippen LogP contribution in [-0.4, -0.2) is 29.0 Å². The van der Waals surface area contributed by atoms with E-state index in [1.807, 2.05) is 18.2 Å². The predicted molar refractivity (Wildman–Crippen MR) is 65.0 cm³/mol. The molecule has 0 saturated heterocycles. The number of anilines is 1. The highest BCUT2D eigenvalue weighted by atomic mass is 35.5. The van der Waals surface area contributed by atoms with E-state index in [9.17, 15) is 0 Å². The van der Waals surface area contributed by atoms with Crippen molar-refractivity contribution in [3.63, 3.8) is 0 Å². The van der Waals surface area contributed by atoms with Crippen molar-refractivity contribution in [3.05, 3.63) is 23.2 Å². The molecule has 0 atom stereocenters. The van der Waals surface area contributed by atoms with Gasteiger partial charge in [-0.25, -0.2) is 4.98 Å². The molecule has 0 amide bonds. The molecular formula is C10H10ClN5. The third kappa shape index (κ3) is 1.69. The smallest absolute Gasteiger partial charge is 0.208 e. The minimum atomic E-state index is 0.672. The quantitative estimate of drug-likeness (QED) is 0.703. The van der Waals surface area contributed by atoms with E-state index < -0.39 is 0 Å². The van der Waals surface area contributed by atoms with Crippen LogP contribution in [0.2, 0.25) is 5.02 Å². The third-order valence-corrected chi connectivity index (χ3v) is 2.59. The van der Waals surface area contributed by atoms with Gasteiger partial charge in [-0.3, -0.25) is 10.3 Å². The Morgan fingerprint density at radius 1 is 1.38 bits per heavy atom. The Balaban J connectivity index is 1.92. The van der Waals surface area contributed by atoms with Crippen molar-refractivity contribution >= 4 is 34.5 Å². The molecule has 0 spiro atoms. The molecule has 1 aliphatic rings. The summed E-state index contributed by atoms with van der Waals surface area (Å²) in [4.78, 5) is 11.7. The van der Waals surface area contributed by atoms with E-state index in [4.69, 9.17) is 11.6 Å². The van der Waals surface area contributed by atoms with E-state index >= 15 is 0 Å². The molecule has 5 nitrogen and oxygen atoms in total. The fourth-order valence-corrected chi connectivity index (χ4v) is 1.80. The minimum Gasteiger partial charge on any atom is -0.354 e. The van der Waals surface area contributed by atoms with Gasteiger partial charge in [-0.15, -0.1) is 0 Å². The molecule has 2 aromatic rings. The molecule has 1 aromatic heterocycles. The summed E-state index contributed by atoms with van der Waals surface area (Å²) in [6.07, 6.45) is 0.